The summed E-state index contributed by atoms with van der Waals surface area (Å²) in [7, 11) is 0. The van der Waals surface area contributed by atoms with E-state index in [4.69, 9.17) is 0 Å². The van der Waals surface area contributed by atoms with E-state index in [1.807, 2.05) is 0 Å². The Morgan fingerprint density at radius 1 is 1.58 bits per heavy atom. The van der Waals surface area contributed by atoms with Crippen LogP contribution in [0.15, 0.2) is 11.1 Å². The Kier molecular flexibility index (Phi) is 3.65. The van der Waals surface area contributed by atoms with Crippen molar-refractivity contribution in [2.24, 2.45) is 0 Å². The molecule has 0 aliphatic heterocycles. The van der Waals surface area contributed by atoms with Gasteiger partial charge in [-0.25, -0.2) is 0 Å². The fourth-order valence-electron chi connectivity index (χ4n) is 0.334. The van der Waals surface area contributed by atoms with Crippen molar-refractivity contribution < 1.29 is 18.1 Å². The van der Waals surface area contributed by atoms with Gasteiger partial charge in [0.15, 0.2) is 4.86 Å². The van der Waals surface area contributed by atoms with Gasteiger partial charge in [-0.3, -0.25) is 10.1 Å². The third-order valence-electron chi connectivity index (χ3n) is 0.809. The zero-order valence-electron chi connectivity index (χ0n) is 5.33. The van der Waals surface area contributed by atoms with E-state index in [1.165, 1.54) is 0 Å². The van der Waals surface area contributed by atoms with E-state index < -0.39 is 21.7 Å². The van der Waals surface area contributed by atoms with Gasteiger partial charge in [-0.1, -0.05) is 12.2 Å². The number of hydrogen-bond donors (Lipinski definition) is 1. The normalized spacial score (nSPS) is 12.8. The van der Waals surface area contributed by atoms with E-state index in [0.717, 1.165) is 0 Å². The highest BCUT2D eigenvalue weighted by atomic mass is 32.1. The molecule has 0 radical (unpaired) electrons. The summed E-state index contributed by atoms with van der Waals surface area (Å²) < 4.78 is 35.2. The summed E-state index contributed by atoms with van der Waals surface area (Å²) >= 11 is 7.04. The predicted octanol–water partition coefficient (Wildman–Crippen LogP) is 1.97. The maximum Gasteiger partial charge on any atom is 0.433 e. The lowest BCUT2D eigenvalue weighted by atomic mass is 10.3. The molecular weight excluding hydrogens is 215 g/mol. The molecule has 0 N–H and O–H groups in total. The minimum Gasteiger partial charge on any atom is -0.258 e. The molecule has 0 aliphatic rings. The van der Waals surface area contributed by atoms with E-state index >= 15 is 0 Å². The fourth-order valence-corrected chi connectivity index (χ4v) is 0.778. The Morgan fingerprint density at radius 3 is 2.08 bits per heavy atom. The van der Waals surface area contributed by atoms with Crippen LogP contribution in [0.2, 0.25) is 0 Å². The second-order valence-electron chi connectivity index (χ2n) is 1.60. The highest BCUT2D eigenvalue weighted by Gasteiger charge is 2.41. The number of allylic oxidation sites excluding steroid dienone is 1. The zero-order valence-corrected chi connectivity index (χ0v) is 7.04. The minimum absolute atomic E-state index is 0.413. The van der Waals surface area contributed by atoms with Crippen LogP contribution in [0.3, 0.4) is 0 Å². The maximum absolute atomic E-state index is 11.7. The number of rotatable bonds is 2. The average Bonchev–Trinajstić information content (AvgIpc) is 1.86. The van der Waals surface area contributed by atoms with Gasteiger partial charge in [-0.05, 0) is 0 Å². The quantitative estimate of drug-likeness (QED) is 0.253. The van der Waals surface area contributed by atoms with Gasteiger partial charge in [0.25, 0.3) is 5.70 Å². The second kappa shape index (κ2) is 3.85. The highest BCUT2D eigenvalue weighted by Crippen LogP contribution is 2.22. The van der Waals surface area contributed by atoms with Crippen molar-refractivity contribution in [3.05, 3.63) is 21.2 Å². The SMILES string of the molecule is O=[N+]([O-])/C(=C\S)C(=S)C(F)(F)F. The smallest absolute Gasteiger partial charge is 0.258 e. The van der Waals surface area contributed by atoms with Gasteiger partial charge < -0.3 is 0 Å². The largest absolute Gasteiger partial charge is 0.433 e. The van der Waals surface area contributed by atoms with E-state index in [2.05, 4.69) is 24.8 Å². The van der Waals surface area contributed by atoms with Crippen LogP contribution in [0.4, 0.5) is 13.2 Å². The molecule has 12 heavy (non-hydrogen) atoms. The van der Waals surface area contributed by atoms with E-state index in [1.54, 1.807) is 0 Å². The van der Waals surface area contributed by atoms with Crippen LogP contribution in [0.5, 0.6) is 0 Å². The molecule has 0 unspecified atom stereocenters. The van der Waals surface area contributed by atoms with Crippen molar-refractivity contribution >= 4 is 29.7 Å². The summed E-state index contributed by atoms with van der Waals surface area (Å²) in [6.45, 7) is 0. The molecule has 0 spiro atoms. The molecule has 3 nitrogen and oxygen atoms in total. The number of halogens is 3. The van der Waals surface area contributed by atoms with Crippen LogP contribution in [0, 0.1) is 10.1 Å². The number of thiocarbonyl (C=S) groups is 1. The summed E-state index contributed by atoms with van der Waals surface area (Å²) in [5, 5.41) is 10.3. The van der Waals surface area contributed by atoms with Crippen LogP contribution < -0.4 is 0 Å². The van der Waals surface area contributed by atoms with Crippen molar-refractivity contribution in [3.63, 3.8) is 0 Å². The molecule has 0 aliphatic carbocycles. The molecule has 0 rings (SSSR count). The first-order valence-electron chi connectivity index (χ1n) is 2.41. The van der Waals surface area contributed by atoms with Gasteiger partial charge in [0.1, 0.15) is 0 Å². The summed E-state index contributed by atoms with van der Waals surface area (Å²) in [5.74, 6) is 0. The first kappa shape index (κ1) is 11.4. The number of alkyl halides is 3. The monoisotopic (exact) mass is 217 g/mol. The van der Waals surface area contributed by atoms with E-state index in [9.17, 15) is 23.3 Å². The molecule has 0 heterocycles. The average molecular weight is 217 g/mol. The molecule has 8 heteroatoms. The summed E-state index contributed by atoms with van der Waals surface area (Å²) in [6.07, 6.45) is -4.86. The van der Waals surface area contributed by atoms with Crippen LogP contribution in [-0.4, -0.2) is 16.0 Å². The molecule has 0 aromatic rings. The molecule has 0 aromatic carbocycles. The van der Waals surface area contributed by atoms with Crippen LogP contribution >= 0.6 is 24.8 Å². The van der Waals surface area contributed by atoms with E-state index in [-0.39, 0.29) is 0 Å². The van der Waals surface area contributed by atoms with Gasteiger partial charge in [0, 0.05) is 5.41 Å². The summed E-state index contributed by atoms with van der Waals surface area (Å²) in [6, 6.07) is 0. The van der Waals surface area contributed by atoms with Crippen molar-refractivity contribution in [2.45, 2.75) is 6.18 Å². The molecule has 0 atom stereocenters. The van der Waals surface area contributed by atoms with Crippen LogP contribution in [0.1, 0.15) is 0 Å². The lowest BCUT2D eigenvalue weighted by Gasteiger charge is -2.03. The third kappa shape index (κ3) is 2.78. The van der Waals surface area contributed by atoms with Crippen molar-refractivity contribution in [1.82, 2.24) is 0 Å². The standard InChI is InChI=1S/C4H2F3NO2S2/c5-4(6,7)3(12)2(1-11)8(9)10/h1,11H/b2-1-. The number of nitro groups is 1. The maximum atomic E-state index is 11.7. The Hall–Kier alpha value is -0.630. The van der Waals surface area contributed by atoms with Crippen LogP contribution in [0.25, 0.3) is 0 Å². The van der Waals surface area contributed by atoms with Crippen molar-refractivity contribution in [2.75, 3.05) is 0 Å². The van der Waals surface area contributed by atoms with Crippen molar-refractivity contribution in [1.29, 1.82) is 0 Å². The zero-order chi connectivity index (χ0) is 9.94. The molecule has 68 valence electrons. The molecule has 0 fully saturated rings. The molecule has 0 bridgehead atoms. The number of thiol groups is 1. The lowest BCUT2D eigenvalue weighted by molar-refractivity contribution is -0.415. The van der Waals surface area contributed by atoms with Gasteiger partial charge in [0.05, 0.1) is 4.92 Å². The number of hydrogen-bond acceptors (Lipinski definition) is 4. The molecule has 0 saturated carbocycles. The lowest BCUT2D eigenvalue weighted by Crippen LogP contribution is -2.25. The second-order valence-corrected chi connectivity index (χ2v) is 2.26. The molecule has 0 aromatic heterocycles. The Labute approximate surface area is 75.8 Å². The fraction of sp³-hybridized carbons (Fsp3) is 0.250. The number of nitrogens with zero attached hydrogens (tertiary/aromatic N) is 1. The predicted molar refractivity (Wildman–Crippen MR) is 42.7 cm³/mol. The van der Waals surface area contributed by atoms with Gasteiger partial charge in [-0.2, -0.15) is 13.2 Å². The molecule has 0 amide bonds. The first-order valence-corrected chi connectivity index (χ1v) is 3.33. The first-order chi connectivity index (χ1) is 5.30. The Bertz CT molecular complexity index is 247. The highest BCUT2D eigenvalue weighted by molar-refractivity contribution is 7.84. The van der Waals surface area contributed by atoms with Gasteiger partial charge >= 0.3 is 6.18 Å². The molecule has 0 saturated heterocycles. The minimum atomic E-state index is -4.86. The van der Waals surface area contributed by atoms with Gasteiger partial charge in [-0.15, -0.1) is 12.6 Å². The van der Waals surface area contributed by atoms with Crippen LogP contribution in [-0.2, 0) is 0 Å². The summed E-state index contributed by atoms with van der Waals surface area (Å²) in [5.41, 5.74) is -1.22. The van der Waals surface area contributed by atoms with E-state index in [0.29, 0.717) is 5.41 Å². The summed E-state index contributed by atoms with van der Waals surface area (Å²) in [4.78, 5) is 7.01. The van der Waals surface area contributed by atoms with Gasteiger partial charge in [0.2, 0.25) is 0 Å². The Balaban J connectivity index is 4.82. The molecular formula is C4H2F3NO2S2. The third-order valence-corrected chi connectivity index (χ3v) is 1.49. The Morgan fingerprint density at radius 2 is 2.00 bits per heavy atom. The topological polar surface area (TPSA) is 43.1 Å². The van der Waals surface area contributed by atoms with Crippen molar-refractivity contribution in [3.8, 4) is 0 Å².